The van der Waals surface area contributed by atoms with Crippen molar-refractivity contribution in [2.45, 2.75) is 33.2 Å². The number of rotatable bonds is 5. The van der Waals surface area contributed by atoms with Crippen LogP contribution in [0.1, 0.15) is 45.7 Å². The van der Waals surface area contributed by atoms with Crippen molar-refractivity contribution in [2.75, 3.05) is 5.32 Å². The van der Waals surface area contributed by atoms with E-state index >= 15 is 0 Å². The van der Waals surface area contributed by atoms with Crippen molar-refractivity contribution >= 4 is 34.4 Å². The number of benzene rings is 1. The third-order valence-corrected chi connectivity index (χ3v) is 6.91. The zero-order valence-electron chi connectivity index (χ0n) is 18.4. The van der Waals surface area contributed by atoms with Gasteiger partial charge in [0.15, 0.2) is 5.82 Å². The second-order valence-electron chi connectivity index (χ2n) is 7.94. The summed E-state index contributed by atoms with van der Waals surface area (Å²) in [6.07, 6.45) is 3.34. The van der Waals surface area contributed by atoms with Gasteiger partial charge in [0.2, 0.25) is 0 Å². The topological polar surface area (TPSA) is 105 Å². The maximum atomic E-state index is 11.7. The Morgan fingerprint density at radius 2 is 1.91 bits per heavy atom. The molecule has 0 bridgehead atoms. The van der Waals surface area contributed by atoms with Gasteiger partial charge in [-0.25, -0.2) is 0 Å². The summed E-state index contributed by atoms with van der Waals surface area (Å²) in [5, 5.41) is 22.4. The Hall–Kier alpha value is -3.85. The van der Waals surface area contributed by atoms with Crippen molar-refractivity contribution in [3.05, 3.63) is 82.0 Å². The third kappa shape index (κ3) is 3.80. The van der Waals surface area contributed by atoms with Crippen LogP contribution in [0.2, 0.25) is 0 Å². The van der Waals surface area contributed by atoms with E-state index in [-0.39, 0.29) is 6.42 Å². The number of aliphatic carboxylic acids is 1. The second-order valence-corrected chi connectivity index (χ2v) is 9.14. The highest BCUT2D eigenvalue weighted by Gasteiger charge is 2.32. The number of aliphatic imine (C=N–C) groups is 1. The predicted molar refractivity (Wildman–Crippen MR) is 128 cm³/mol. The number of thiophene rings is 1. The normalized spacial score (nSPS) is 14.8. The number of hydrogen-bond acceptors (Lipinski definition) is 7. The van der Waals surface area contributed by atoms with Gasteiger partial charge in [-0.05, 0) is 50.6 Å². The molecule has 166 valence electrons. The number of nitrogens with one attached hydrogen (secondary N) is 1. The molecule has 0 unspecified atom stereocenters. The van der Waals surface area contributed by atoms with E-state index in [1.807, 2.05) is 47.9 Å². The van der Waals surface area contributed by atoms with Crippen LogP contribution in [0, 0.1) is 20.8 Å². The summed E-state index contributed by atoms with van der Waals surface area (Å²) in [6, 6.07) is 11.2. The number of nitrogens with zero attached hydrogens (tertiary/aromatic N) is 5. The number of fused-ring (bicyclic) bond motifs is 3. The Kier molecular flexibility index (Phi) is 5.26. The van der Waals surface area contributed by atoms with E-state index in [4.69, 9.17) is 4.99 Å². The van der Waals surface area contributed by atoms with E-state index in [0.29, 0.717) is 5.82 Å². The van der Waals surface area contributed by atoms with Gasteiger partial charge in [-0.3, -0.25) is 19.3 Å². The number of aromatic nitrogens is 4. The summed E-state index contributed by atoms with van der Waals surface area (Å²) in [6.45, 7) is 6.04. The van der Waals surface area contributed by atoms with E-state index in [0.717, 1.165) is 44.6 Å². The molecule has 33 heavy (non-hydrogen) atoms. The first-order valence-electron chi connectivity index (χ1n) is 10.5. The molecule has 5 rings (SSSR count). The van der Waals surface area contributed by atoms with Crippen molar-refractivity contribution in [3.63, 3.8) is 0 Å². The molecule has 3 aromatic heterocycles. The third-order valence-electron chi connectivity index (χ3n) is 5.72. The van der Waals surface area contributed by atoms with Gasteiger partial charge in [-0.15, -0.1) is 21.5 Å². The minimum Gasteiger partial charge on any atom is -0.481 e. The van der Waals surface area contributed by atoms with E-state index in [1.165, 1.54) is 4.88 Å². The quantitative estimate of drug-likeness (QED) is 0.447. The van der Waals surface area contributed by atoms with Gasteiger partial charge in [0.1, 0.15) is 16.9 Å². The van der Waals surface area contributed by atoms with Crippen molar-refractivity contribution in [1.29, 1.82) is 0 Å². The summed E-state index contributed by atoms with van der Waals surface area (Å²) < 4.78 is 1.96. The summed E-state index contributed by atoms with van der Waals surface area (Å²) in [4.78, 5) is 21.9. The molecular weight excluding hydrogens is 436 g/mol. The molecule has 1 aliphatic rings. The van der Waals surface area contributed by atoms with Crippen LogP contribution in [0.15, 0.2) is 53.8 Å². The molecule has 9 heteroatoms. The van der Waals surface area contributed by atoms with Crippen molar-refractivity contribution in [1.82, 2.24) is 19.7 Å². The summed E-state index contributed by atoms with van der Waals surface area (Å²) >= 11 is 1.65. The number of pyridine rings is 1. The van der Waals surface area contributed by atoms with Gasteiger partial charge in [0.05, 0.1) is 24.0 Å². The van der Waals surface area contributed by atoms with Gasteiger partial charge in [0, 0.05) is 27.9 Å². The number of aryl methyl sites for hydroxylation is 2. The van der Waals surface area contributed by atoms with Gasteiger partial charge in [-0.2, -0.15) is 0 Å². The Bertz CT molecular complexity index is 1370. The molecule has 0 fully saturated rings. The molecule has 1 aliphatic heterocycles. The van der Waals surface area contributed by atoms with Crippen molar-refractivity contribution in [3.8, 4) is 5.00 Å². The van der Waals surface area contributed by atoms with Crippen LogP contribution in [0.25, 0.3) is 5.00 Å². The fourth-order valence-electron chi connectivity index (χ4n) is 4.00. The SMILES string of the molecule is Cc1sc2c(c1C)C(c1ccc(Nc3cccnc3)cc1)=N[C@@H](CC(=O)O)c1nnc(C)n1-2. The Morgan fingerprint density at radius 3 is 2.61 bits per heavy atom. The number of anilines is 2. The zero-order chi connectivity index (χ0) is 23.1. The molecule has 0 saturated heterocycles. The Labute approximate surface area is 194 Å². The monoisotopic (exact) mass is 458 g/mol. The first-order chi connectivity index (χ1) is 15.9. The van der Waals surface area contributed by atoms with Crippen LogP contribution in [0.3, 0.4) is 0 Å². The van der Waals surface area contributed by atoms with E-state index < -0.39 is 12.0 Å². The van der Waals surface area contributed by atoms with Gasteiger partial charge in [-0.1, -0.05) is 12.1 Å². The van der Waals surface area contributed by atoms with Gasteiger partial charge >= 0.3 is 5.97 Å². The molecule has 4 aromatic rings. The minimum atomic E-state index is -0.926. The van der Waals surface area contributed by atoms with Gasteiger partial charge in [0.25, 0.3) is 0 Å². The molecule has 0 radical (unpaired) electrons. The van der Waals surface area contributed by atoms with Crippen LogP contribution in [-0.2, 0) is 4.79 Å². The highest BCUT2D eigenvalue weighted by atomic mass is 32.1. The highest BCUT2D eigenvalue weighted by molar-refractivity contribution is 7.15. The molecule has 0 spiro atoms. The Balaban J connectivity index is 1.62. The Morgan fingerprint density at radius 1 is 1.12 bits per heavy atom. The summed E-state index contributed by atoms with van der Waals surface area (Å²) in [7, 11) is 0. The second kappa shape index (κ2) is 8.25. The summed E-state index contributed by atoms with van der Waals surface area (Å²) in [5.74, 6) is 0.349. The largest absolute Gasteiger partial charge is 0.481 e. The molecule has 1 atom stereocenters. The molecule has 0 amide bonds. The molecule has 1 aromatic carbocycles. The van der Waals surface area contributed by atoms with E-state index in [1.54, 1.807) is 23.7 Å². The summed E-state index contributed by atoms with van der Waals surface area (Å²) in [5.41, 5.74) is 5.65. The van der Waals surface area contributed by atoms with E-state index in [9.17, 15) is 9.90 Å². The average Bonchev–Trinajstić information content (AvgIpc) is 3.27. The van der Waals surface area contributed by atoms with Gasteiger partial charge < -0.3 is 10.4 Å². The lowest BCUT2D eigenvalue weighted by atomic mass is 9.99. The molecule has 0 saturated carbocycles. The fourth-order valence-corrected chi connectivity index (χ4v) is 5.22. The van der Waals surface area contributed by atoms with Crippen LogP contribution in [0.4, 0.5) is 11.4 Å². The minimum absolute atomic E-state index is 0.157. The van der Waals surface area contributed by atoms with Crippen molar-refractivity contribution < 1.29 is 9.90 Å². The molecule has 4 heterocycles. The number of carboxylic acids is 1. The van der Waals surface area contributed by atoms with Crippen LogP contribution in [-0.4, -0.2) is 36.5 Å². The van der Waals surface area contributed by atoms with Crippen LogP contribution < -0.4 is 5.32 Å². The standard InChI is InChI=1S/C24H22N6O2S/c1-13-14(2)33-24-21(13)22(27-19(11-20(31)32)23-29-28-15(3)30(23)24)16-6-8-17(9-7-16)26-18-5-4-10-25-12-18/h4-10,12,19,26H,11H2,1-3H3,(H,31,32)/t19-/m0/s1. The predicted octanol–water partition coefficient (Wildman–Crippen LogP) is 4.76. The smallest absolute Gasteiger partial charge is 0.306 e. The van der Waals surface area contributed by atoms with Crippen molar-refractivity contribution in [2.24, 2.45) is 4.99 Å². The lowest BCUT2D eigenvalue weighted by Gasteiger charge is -2.12. The van der Waals surface area contributed by atoms with E-state index in [2.05, 4.69) is 34.3 Å². The first kappa shape index (κ1) is 21.0. The van der Waals surface area contributed by atoms with Crippen LogP contribution in [0.5, 0.6) is 0 Å². The fraction of sp³-hybridized carbons (Fsp3) is 0.208. The molecule has 0 aliphatic carbocycles. The zero-order valence-corrected chi connectivity index (χ0v) is 19.2. The lowest BCUT2D eigenvalue weighted by molar-refractivity contribution is -0.137. The maximum absolute atomic E-state index is 11.7. The molecule has 8 nitrogen and oxygen atoms in total. The van der Waals surface area contributed by atoms with Crippen LogP contribution >= 0.6 is 11.3 Å². The maximum Gasteiger partial charge on any atom is 0.306 e. The highest BCUT2D eigenvalue weighted by Crippen LogP contribution is 2.39. The number of carbonyl (C=O) groups is 1. The molecule has 2 N–H and O–H groups in total. The number of hydrogen-bond donors (Lipinski definition) is 2. The first-order valence-corrected chi connectivity index (χ1v) is 11.3. The lowest BCUT2D eigenvalue weighted by Crippen LogP contribution is -2.10. The number of carboxylic acid groups (broad SMARTS) is 1. The molecular formula is C24H22N6O2S. The average molecular weight is 459 g/mol.